The summed E-state index contributed by atoms with van der Waals surface area (Å²) in [5.41, 5.74) is 1.68. The van der Waals surface area contributed by atoms with E-state index in [0.29, 0.717) is 56.3 Å². The van der Waals surface area contributed by atoms with E-state index in [-0.39, 0.29) is 17.6 Å². The zero-order valence-corrected chi connectivity index (χ0v) is 18.4. The van der Waals surface area contributed by atoms with Gasteiger partial charge in [-0.2, -0.15) is 0 Å². The summed E-state index contributed by atoms with van der Waals surface area (Å²) in [6.07, 6.45) is 1.02. The molecule has 3 rings (SSSR count). The molecule has 0 spiro atoms. The smallest absolute Gasteiger partial charge is 0.223 e. The van der Waals surface area contributed by atoms with Gasteiger partial charge in [-0.3, -0.25) is 4.79 Å². The molecule has 1 amide bonds. The van der Waals surface area contributed by atoms with Gasteiger partial charge in [0.1, 0.15) is 0 Å². The van der Waals surface area contributed by atoms with Crippen LogP contribution in [0.2, 0.25) is 5.02 Å². The van der Waals surface area contributed by atoms with Crippen molar-refractivity contribution in [1.29, 1.82) is 0 Å². The summed E-state index contributed by atoms with van der Waals surface area (Å²) < 4.78 is 32.4. The van der Waals surface area contributed by atoms with Crippen LogP contribution in [0.15, 0.2) is 54.6 Å². The molecule has 30 heavy (non-hydrogen) atoms. The van der Waals surface area contributed by atoms with Gasteiger partial charge in [-0.05, 0) is 30.0 Å². The van der Waals surface area contributed by atoms with Gasteiger partial charge in [0.05, 0.1) is 19.0 Å². The van der Waals surface area contributed by atoms with Crippen molar-refractivity contribution in [3.05, 3.63) is 70.7 Å². The Hall–Kier alpha value is -1.93. The van der Waals surface area contributed by atoms with Crippen molar-refractivity contribution in [2.75, 3.05) is 26.2 Å². The lowest BCUT2D eigenvalue weighted by molar-refractivity contribution is -0.126. The van der Waals surface area contributed by atoms with Gasteiger partial charge in [-0.25, -0.2) is 12.7 Å². The maximum Gasteiger partial charge on any atom is 0.223 e. The normalized spacial score (nSPS) is 15.8. The van der Waals surface area contributed by atoms with Gasteiger partial charge in [0.25, 0.3) is 0 Å². The summed E-state index contributed by atoms with van der Waals surface area (Å²) in [6.45, 7) is 2.07. The van der Waals surface area contributed by atoms with Crippen LogP contribution in [0.1, 0.15) is 24.0 Å². The Bertz CT molecular complexity index is 929. The van der Waals surface area contributed by atoms with Crippen molar-refractivity contribution in [1.82, 2.24) is 9.62 Å². The molecule has 0 aromatic heterocycles. The van der Waals surface area contributed by atoms with Crippen LogP contribution in [0.25, 0.3) is 0 Å². The fourth-order valence-electron chi connectivity index (χ4n) is 3.45. The highest BCUT2D eigenvalue weighted by Crippen LogP contribution is 2.24. The van der Waals surface area contributed by atoms with E-state index in [2.05, 4.69) is 5.32 Å². The van der Waals surface area contributed by atoms with Crippen LogP contribution in [-0.2, 0) is 31.9 Å². The molecule has 2 aromatic rings. The Balaban J connectivity index is 1.38. The number of nitrogens with zero attached hydrogens (tertiary/aromatic N) is 1. The van der Waals surface area contributed by atoms with Crippen LogP contribution < -0.4 is 5.32 Å². The van der Waals surface area contributed by atoms with E-state index >= 15 is 0 Å². The number of amides is 1. The van der Waals surface area contributed by atoms with E-state index in [1.165, 1.54) is 4.31 Å². The molecule has 0 aliphatic carbocycles. The zero-order chi connectivity index (χ0) is 21.4. The topological polar surface area (TPSA) is 75.7 Å². The molecule has 1 saturated heterocycles. The number of rotatable bonds is 9. The zero-order valence-electron chi connectivity index (χ0n) is 16.8. The molecule has 0 unspecified atom stereocenters. The van der Waals surface area contributed by atoms with Gasteiger partial charge in [0.2, 0.25) is 15.9 Å². The van der Waals surface area contributed by atoms with Gasteiger partial charge < -0.3 is 10.1 Å². The number of carbonyl (C=O) groups excluding carboxylic acids is 1. The van der Waals surface area contributed by atoms with Crippen LogP contribution in [-0.4, -0.2) is 44.9 Å². The minimum absolute atomic E-state index is 0.0403. The van der Waals surface area contributed by atoms with Crippen LogP contribution in [0.4, 0.5) is 0 Å². The highest BCUT2D eigenvalue weighted by Gasteiger charge is 2.31. The second kappa shape index (κ2) is 10.9. The van der Waals surface area contributed by atoms with Crippen molar-refractivity contribution < 1.29 is 17.9 Å². The van der Waals surface area contributed by atoms with E-state index in [1.807, 2.05) is 30.3 Å². The highest BCUT2D eigenvalue weighted by molar-refractivity contribution is 7.88. The predicted molar refractivity (Wildman–Crippen MR) is 117 cm³/mol. The van der Waals surface area contributed by atoms with Gasteiger partial charge in [-0.1, -0.05) is 60.1 Å². The van der Waals surface area contributed by atoms with E-state index < -0.39 is 10.0 Å². The lowest BCUT2D eigenvalue weighted by Crippen LogP contribution is -2.43. The molecule has 1 aliphatic heterocycles. The Morgan fingerprint density at radius 2 is 1.73 bits per heavy atom. The van der Waals surface area contributed by atoms with Crippen molar-refractivity contribution in [3.8, 4) is 0 Å². The Kier molecular flexibility index (Phi) is 8.27. The molecule has 6 nitrogen and oxygen atoms in total. The van der Waals surface area contributed by atoms with Crippen LogP contribution >= 0.6 is 11.6 Å². The summed E-state index contributed by atoms with van der Waals surface area (Å²) in [6, 6.07) is 16.8. The quantitative estimate of drug-likeness (QED) is 0.595. The molecule has 0 bridgehead atoms. The van der Waals surface area contributed by atoms with Crippen molar-refractivity contribution in [2.45, 2.75) is 25.2 Å². The first-order valence-corrected chi connectivity index (χ1v) is 12.0. The summed E-state index contributed by atoms with van der Waals surface area (Å²) in [5.74, 6) is -0.338. The average molecular weight is 451 g/mol. The average Bonchev–Trinajstić information content (AvgIpc) is 2.76. The SMILES string of the molecule is O=C(NCCOCc1ccccc1)C1CCN(S(=O)(=O)Cc2ccccc2Cl)CC1. The van der Waals surface area contributed by atoms with Crippen LogP contribution in [0.5, 0.6) is 0 Å². The highest BCUT2D eigenvalue weighted by atomic mass is 35.5. The van der Waals surface area contributed by atoms with Crippen molar-refractivity contribution in [2.24, 2.45) is 5.92 Å². The minimum atomic E-state index is -3.46. The molecule has 1 aliphatic rings. The fraction of sp³-hybridized carbons (Fsp3) is 0.409. The first-order chi connectivity index (χ1) is 14.5. The summed E-state index contributed by atoms with van der Waals surface area (Å²) in [7, 11) is -3.46. The van der Waals surface area contributed by atoms with Crippen LogP contribution in [0, 0.1) is 5.92 Å². The molecule has 0 saturated carbocycles. The molecule has 0 radical (unpaired) electrons. The Morgan fingerprint density at radius 1 is 1.07 bits per heavy atom. The Labute approximate surface area is 183 Å². The molecule has 1 heterocycles. The number of carbonyl (C=O) groups is 1. The Morgan fingerprint density at radius 3 is 2.43 bits per heavy atom. The second-order valence-electron chi connectivity index (χ2n) is 7.35. The molecular weight excluding hydrogens is 424 g/mol. The third-order valence-electron chi connectivity index (χ3n) is 5.17. The molecule has 0 atom stereocenters. The van der Waals surface area contributed by atoms with Crippen molar-refractivity contribution in [3.63, 3.8) is 0 Å². The van der Waals surface area contributed by atoms with Crippen molar-refractivity contribution >= 4 is 27.5 Å². The predicted octanol–water partition coefficient (Wildman–Crippen LogP) is 3.21. The summed E-state index contributed by atoms with van der Waals surface area (Å²) >= 11 is 6.09. The molecule has 2 aromatic carbocycles. The number of hydrogen-bond donors (Lipinski definition) is 1. The minimum Gasteiger partial charge on any atom is -0.375 e. The largest absolute Gasteiger partial charge is 0.375 e. The number of ether oxygens (including phenoxy) is 1. The molecule has 1 fully saturated rings. The van der Waals surface area contributed by atoms with E-state index in [4.69, 9.17) is 16.3 Å². The molecular formula is C22H27ClN2O4S. The maximum atomic E-state index is 12.7. The monoisotopic (exact) mass is 450 g/mol. The number of nitrogens with one attached hydrogen (secondary N) is 1. The van der Waals surface area contributed by atoms with E-state index in [9.17, 15) is 13.2 Å². The lowest BCUT2D eigenvalue weighted by Gasteiger charge is -2.30. The standard InChI is InChI=1S/C22H27ClN2O4S/c23-21-9-5-4-8-20(21)17-30(27,28)25-13-10-19(11-14-25)22(26)24-12-15-29-16-18-6-2-1-3-7-18/h1-9,19H,10-17H2,(H,24,26). The van der Waals surface area contributed by atoms with Gasteiger partial charge in [0, 0.05) is 30.6 Å². The third-order valence-corrected chi connectivity index (χ3v) is 7.37. The summed E-state index contributed by atoms with van der Waals surface area (Å²) in [4.78, 5) is 12.4. The first-order valence-electron chi connectivity index (χ1n) is 10.1. The lowest BCUT2D eigenvalue weighted by atomic mass is 9.97. The number of hydrogen-bond acceptors (Lipinski definition) is 4. The van der Waals surface area contributed by atoms with Gasteiger partial charge in [0.15, 0.2) is 0 Å². The fourth-order valence-corrected chi connectivity index (χ4v) is 5.33. The second-order valence-corrected chi connectivity index (χ2v) is 9.73. The van der Waals surface area contributed by atoms with Gasteiger partial charge in [-0.15, -0.1) is 0 Å². The number of halogens is 1. The summed E-state index contributed by atoms with van der Waals surface area (Å²) in [5, 5.41) is 3.34. The third kappa shape index (κ3) is 6.54. The van der Waals surface area contributed by atoms with E-state index in [0.717, 1.165) is 5.56 Å². The number of benzene rings is 2. The molecule has 1 N–H and O–H groups in total. The van der Waals surface area contributed by atoms with Crippen LogP contribution in [0.3, 0.4) is 0 Å². The maximum absolute atomic E-state index is 12.7. The molecule has 162 valence electrons. The number of sulfonamides is 1. The van der Waals surface area contributed by atoms with Gasteiger partial charge >= 0.3 is 0 Å². The number of piperidine rings is 1. The first kappa shape index (κ1) is 22.7. The van der Waals surface area contributed by atoms with E-state index in [1.54, 1.807) is 24.3 Å². The molecule has 8 heteroatoms.